The largest absolute Gasteiger partial charge is 0.490 e. The van der Waals surface area contributed by atoms with Crippen LogP contribution in [-0.4, -0.2) is 36.2 Å². The normalized spacial score (nSPS) is 11.2. The SMILES string of the molecule is CC(Oc1ccc([N+](=O)[O-])cc1)C(=O)Oc1ccc(C(=O)OCCOc2ccccc2)cc1. The molecule has 1 atom stereocenters. The van der Waals surface area contributed by atoms with Gasteiger partial charge in [-0.3, -0.25) is 10.1 Å². The van der Waals surface area contributed by atoms with Gasteiger partial charge in [0.25, 0.3) is 5.69 Å². The molecule has 0 saturated carbocycles. The average Bonchev–Trinajstić information content (AvgIpc) is 2.83. The molecule has 9 nitrogen and oxygen atoms in total. The van der Waals surface area contributed by atoms with Crippen LogP contribution in [0, 0.1) is 10.1 Å². The summed E-state index contributed by atoms with van der Waals surface area (Å²) in [5.74, 6) is 0.00940. The number of hydrogen-bond acceptors (Lipinski definition) is 8. The number of non-ortho nitro benzene ring substituents is 1. The van der Waals surface area contributed by atoms with Gasteiger partial charge in [-0.25, -0.2) is 9.59 Å². The maximum atomic E-state index is 12.2. The topological polar surface area (TPSA) is 114 Å². The van der Waals surface area contributed by atoms with Crippen LogP contribution in [0.15, 0.2) is 78.9 Å². The lowest BCUT2D eigenvalue weighted by Crippen LogP contribution is -2.28. The Morgan fingerprint density at radius 1 is 0.848 bits per heavy atom. The average molecular weight is 451 g/mol. The number of rotatable bonds is 10. The van der Waals surface area contributed by atoms with E-state index in [0.29, 0.717) is 17.1 Å². The van der Waals surface area contributed by atoms with Crippen LogP contribution in [-0.2, 0) is 9.53 Å². The van der Waals surface area contributed by atoms with Crippen LogP contribution in [0.1, 0.15) is 17.3 Å². The van der Waals surface area contributed by atoms with Crippen molar-refractivity contribution in [1.29, 1.82) is 0 Å². The number of carbonyl (C=O) groups excluding carboxylic acids is 2. The van der Waals surface area contributed by atoms with Gasteiger partial charge in [0.1, 0.15) is 30.5 Å². The smallest absolute Gasteiger partial charge is 0.352 e. The highest BCUT2D eigenvalue weighted by molar-refractivity contribution is 5.89. The number of carbonyl (C=O) groups is 2. The fourth-order valence-corrected chi connectivity index (χ4v) is 2.65. The molecule has 0 saturated heterocycles. The quantitative estimate of drug-likeness (QED) is 0.148. The molecule has 0 aliphatic heterocycles. The molecule has 9 heteroatoms. The number of benzene rings is 3. The highest BCUT2D eigenvalue weighted by Gasteiger charge is 2.18. The summed E-state index contributed by atoms with van der Waals surface area (Å²) >= 11 is 0. The van der Waals surface area contributed by atoms with Gasteiger partial charge in [-0.15, -0.1) is 0 Å². The Morgan fingerprint density at radius 3 is 2.12 bits per heavy atom. The molecule has 3 aromatic carbocycles. The van der Waals surface area contributed by atoms with E-state index in [1.165, 1.54) is 55.5 Å². The summed E-state index contributed by atoms with van der Waals surface area (Å²) in [6, 6.07) is 20.4. The number of nitro groups is 1. The van der Waals surface area contributed by atoms with Crippen LogP contribution in [0.5, 0.6) is 17.2 Å². The fraction of sp³-hybridized carbons (Fsp3) is 0.167. The van der Waals surface area contributed by atoms with Crippen LogP contribution in [0.2, 0.25) is 0 Å². The Labute approximate surface area is 189 Å². The first-order valence-corrected chi connectivity index (χ1v) is 10.0. The van der Waals surface area contributed by atoms with E-state index < -0.39 is 23.0 Å². The van der Waals surface area contributed by atoms with E-state index in [4.69, 9.17) is 18.9 Å². The minimum absolute atomic E-state index is 0.0834. The zero-order valence-corrected chi connectivity index (χ0v) is 17.7. The zero-order chi connectivity index (χ0) is 23.6. The molecule has 1 unspecified atom stereocenters. The number of hydrogen-bond donors (Lipinski definition) is 0. The standard InChI is InChI=1S/C24H21NO8/c1-17(32-21-13-9-19(10-14-21)25(28)29)23(26)33-22-11-7-18(8-12-22)24(27)31-16-15-30-20-5-3-2-4-6-20/h2-14,17H,15-16H2,1H3. The summed E-state index contributed by atoms with van der Waals surface area (Å²) in [7, 11) is 0. The fourth-order valence-electron chi connectivity index (χ4n) is 2.65. The van der Waals surface area contributed by atoms with Gasteiger partial charge in [-0.1, -0.05) is 18.2 Å². The van der Waals surface area contributed by atoms with Gasteiger partial charge in [0.05, 0.1) is 10.5 Å². The minimum atomic E-state index is -0.958. The molecule has 0 aliphatic carbocycles. The van der Waals surface area contributed by atoms with Gasteiger partial charge in [-0.2, -0.15) is 0 Å². The van der Waals surface area contributed by atoms with E-state index in [2.05, 4.69) is 0 Å². The lowest BCUT2D eigenvalue weighted by Gasteiger charge is -2.14. The van der Waals surface area contributed by atoms with E-state index in [1.54, 1.807) is 12.1 Å². The molecule has 170 valence electrons. The second-order valence-electron chi connectivity index (χ2n) is 6.75. The number of para-hydroxylation sites is 1. The third-order valence-corrected chi connectivity index (χ3v) is 4.33. The maximum absolute atomic E-state index is 12.2. The van der Waals surface area contributed by atoms with Crippen molar-refractivity contribution in [1.82, 2.24) is 0 Å². The van der Waals surface area contributed by atoms with Gasteiger partial charge >= 0.3 is 11.9 Å². The van der Waals surface area contributed by atoms with Gasteiger partial charge < -0.3 is 18.9 Å². The number of esters is 2. The first-order chi connectivity index (χ1) is 15.9. The van der Waals surface area contributed by atoms with Crippen molar-refractivity contribution in [2.45, 2.75) is 13.0 Å². The Balaban J connectivity index is 1.44. The highest BCUT2D eigenvalue weighted by Crippen LogP contribution is 2.19. The molecular weight excluding hydrogens is 430 g/mol. The van der Waals surface area contributed by atoms with Crippen molar-refractivity contribution in [3.63, 3.8) is 0 Å². The summed E-state index contributed by atoms with van der Waals surface area (Å²) in [5.41, 5.74) is 0.213. The van der Waals surface area contributed by atoms with Crippen LogP contribution in [0.4, 0.5) is 5.69 Å². The summed E-state index contributed by atoms with van der Waals surface area (Å²) in [6.07, 6.45) is -0.958. The second kappa shape index (κ2) is 11.3. The summed E-state index contributed by atoms with van der Waals surface area (Å²) in [6.45, 7) is 1.80. The monoisotopic (exact) mass is 451 g/mol. The minimum Gasteiger partial charge on any atom is -0.490 e. The third-order valence-electron chi connectivity index (χ3n) is 4.33. The lowest BCUT2D eigenvalue weighted by molar-refractivity contribution is -0.384. The maximum Gasteiger partial charge on any atom is 0.352 e. The second-order valence-corrected chi connectivity index (χ2v) is 6.75. The van der Waals surface area contributed by atoms with E-state index in [0.717, 1.165) is 0 Å². The molecule has 0 aliphatic rings. The van der Waals surface area contributed by atoms with Gasteiger partial charge in [0, 0.05) is 12.1 Å². The molecule has 0 N–H and O–H groups in total. The molecule has 3 aromatic rings. The molecule has 0 spiro atoms. The Hall–Kier alpha value is -4.40. The summed E-state index contributed by atoms with van der Waals surface area (Å²) < 4.78 is 21.3. The van der Waals surface area contributed by atoms with E-state index in [9.17, 15) is 19.7 Å². The van der Waals surface area contributed by atoms with Crippen molar-refractivity contribution >= 4 is 17.6 Å². The molecule has 33 heavy (non-hydrogen) atoms. The third kappa shape index (κ3) is 7.06. The van der Waals surface area contributed by atoms with Crippen LogP contribution < -0.4 is 14.2 Å². The summed E-state index contributed by atoms with van der Waals surface area (Å²) in [4.78, 5) is 34.5. The van der Waals surface area contributed by atoms with Crippen molar-refractivity contribution in [3.8, 4) is 17.2 Å². The molecule has 0 heterocycles. The van der Waals surface area contributed by atoms with Gasteiger partial charge in [0.15, 0.2) is 6.10 Å². The van der Waals surface area contributed by atoms with Gasteiger partial charge in [-0.05, 0) is 55.5 Å². The van der Waals surface area contributed by atoms with Crippen LogP contribution >= 0.6 is 0 Å². The van der Waals surface area contributed by atoms with E-state index >= 15 is 0 Å². The molecular formula is C24H21NO8. The molecule has 0 bridgehead atoms. The van der Waals surface area contributed by atoms with Crippen LogP contribution in [0.3, 0.4) is 0 Å². The first kappa shape index (κ1) is 23.3. The van der Waals surface area contributed by atoms with Gasteiger partial charge in [0.2, 0.25) is 0 Å². The van der Waals surface area contributed by atoms with Crippen LogP contribution in [0.25, 0.3) is 0 Å². The highest BCUT2D eigenvalue weighted by atomic mass is 16.6. The molecule has 0 radical (unpaired) electrons. The molecule has 0 fully saturated rings. The zero-order valence-electron chi connectivity index (χ0n) is 17.7. The van der Waals surface area contributed by atoms with Crippen molar-refractivity contribution in [2.24, 2.45) is 0 Å². The predicted octanol–water partition coefficient (Wildman–Crippen LogP) is 4.20. The van der Waals surface area contributed by atoms with Crippen molar-refractivity contribution in [3.05, 3.63) is 94.5 Å². The molecule has 3 rings (SSSR count). The number of nitro benzene ring substituents is 1. The summed E-state index contributed by atoms with van der Waals surface area (Å²) in [5, 5.41) is 10.7. The molecule has 0 aromatic heterocycles. The van der Waals surface area contributed by atoms with Crippen molar-refractivity contribution < 1.29 is 33.5 Å². The van der Waals surface area contributed by atoms with E-state index in [-0.39, 0.29) is 24.7 Å². The predicted molar refractivity (Wildman–Crippen MR) is 117 cm³/mol. The van der Waals surface area contributed by atoms with Crippen molar-refractivity contribution in [2.75, 3.05) is 13.2 Å². The number of ether oxygens (including phenoxy) is 4. The Kier molecular flexibility index (Phi) is 7.96. The number of nitrogens with zero attached hydrogens (tertiary/aromatic N) is 1. The van der Waals surface area contributed by atoms with E-state index in [1.807, 2.05) is 18.2 Å². The lowest BCUT2D eigenvalue weighted by atomic mass is 10.2. The Bertz CT molecular complexity index is 1080. The Morgan fingerprint density at radius 2 is 1.48 bits per heavy atom. The molecule has 0 amide bonds. The first-order valence-electron chi connectivity index (χ1n) is 10.0.